The summed E-state index contributed by atoms with van der Waals surface area (Å²) >= 11 is 0. The smallest absolute Gasteiger partial charge is 0.312 e. The van der Waals surface area contributed by atoms with Crippen LogP contribution in [0.3, 0.4) is 0 Å². The summed E-state index contributed by atoms with van der Waals surface area (Å²) in [5.74, 6) is -2.46. The number of nitrogens with zero attached hydrogens (tertiary/aromatic N) is 2. The molecule has 30 heavy (non-hydrogen) atoms. The van der Waals surface area contributed by atoms with E-state index in [1.54, 1.807) is 4.90 Å². The molecule has 0 bridgehead atoms. The minimum Gasteiger partial charge on any atom is -0.345 e. The monoisotopic (exact) mass is 418 g/mol. The molecule has 0 aromatic heterocycles. The molecule has 9 heteroatoms. The number of halogens is 1. The van der Waals surface area contributed by atoms with Crippen LogP contribution in [0.5, 0.6) is 0 Å². The number of hydrogen-bond donors (Lipinski definition) is 2. The predicted molar refractivity (Wildman–Crippen MR) is 107 cm³/mol. The number of carbonyl (C=O) groups excluding carboxylic acids is 4. The Bertz CT molecular complexity index is 815. The minimum absolute atomic E-state index is 0.112. The fourth-order valence-electron chi connectivity index (χ4n) is 3.28. The number of rotatable bonds is 5. The standard InChI is InChI=1S/C21H27FN4O4/c1-13(2)17(24-18(27)14-3-5-15(22)6-4-14)20(29)25-9-11-26(12-10-25)21(30)19(28)23-16-7-8-16/h3-6,13,16-17H,7-12H2,1-2H3,(H,23,28)(H,24,27). The molecule has 1 unspecified atom stereocenters. The van der Waals surface area contributed by atoms with Crippen LogP contribution in [-0.4, -0.2) is 71.7 Å². The van der Waals surface area contributed by atoms with Crippen LogP contribution in [0.1, 0.15) is 37.0 Å². The third-order valence-electron chi connectivity index (χ3n) is 5.31. The lowest BCUT2D eigenvalue weighted by Gasteiger charge is -2.37. The lowest BCUT2D eigenvalue weighted by Crippen LogP contribution is -2.58. The maximum Gasteiger partial charge on any atom is 0.312 e. The molecule has 1 saturated carbocycles. The molecule has 1 aliphatic heterocycles. The normalized spacial score (nSPS) is 17.5. The van der Waals surface area contributed by atoms with Gasteiger partial charge in [-0.15, -0.1) is 0 Å². The minimum atomic E-state index is -0.747. The maximum atomic E-state index is 13.1. The van der Waals surface area contributed by atoms with Crippen molar-refractivity contribution in [3.63, 3.8) is 0 Å². The zero-order valence-electron chi connectivity index (χ0n) is 17.2. The van der Waals surface area contributed by atoms with E-state index in [0.29, 0.717) is 0 Å². The summed E-state index contributed by atoms with van der Waals surface area (Å²) in [6, 6.07) is 4.48. The van der Waals surface area contributed by atoms with Crippen LogP contribution >= 0.6 is 0 Å². The highest BCUT2D eigenvalue weighted by Crippen LogP contribution is 2.18. The molecule has 162 valence electrons. The van der Waals surface area contributed by atoms with Crippen LogP contribution in [0, 0.1) is 11.7 Å². The van der Waals surface area contributed by atoms with Crippen molar-refractivity contribution in [1.82, 2.24) is 20.4 Å². The molecule has 2 fully saturated rings. The van der Waals surface area contributed by atoms with E-state index in [9.17, 15) is 23.6 Å². The van der Waals surface area contributed by atoms with Crippen LogP contribution in [0.25, 0.3) is 0 Å². The second-order valence-electron chi connectivity index (χ2n) is 8.07. The Labute approximate surface area is 174 Å². The Morgan fingerprint density at radius 1 is 0.967 bits per heavy atom. The topological polar surface area (TPSA) is 98.8 Å². The average Bonchev–Trinajstić information content (AvgIpc) is 3.55. The van der Waals surface area contributed by atoms with Crippen molar-refractivity contribution in [2.45, 2.75) is 38.8 Å². The van der Waals surface area contributed by atoms with Gasteiger partial charge in [0.2, 0.25) is 5.91 Å². The number of benzene rings is 1. The SMILES string of the molecule is CC(C)C(NC(=O)c1ccc(F)cc1)C(=O)N1CCN(C(=O)C(=O)NC2CC2)CC1. The number of nitrogens with one attached hydrogen (secondary N) is 2. The Kier molecular flexibility index (Phi) is 6.69. The second-order valence-corrected chi connectivity index (χ2v) is 8.07. The van der Waals surface area contributed by atoms with Crippen molar-refractivity contribution < 1.29 is 23.6 Å². The van der Waals surface area contributed by atoms with Gasteiger partial charge in [0.05, 0.1) is 0 Å². The van der Waals surface area contributed by atoms with E-state index in [2.05, 4.69) is 10.6 Å². The van der Waals surface area contributed by atoms with Crippen molar-refractivity contribution in [2.75, 3.05) is 26.2 Å². The quantitative estimate of drug-likeness (QED) is 0.682. The first-order valence-corrected chi connectivity index (χ1v) is 10.2. The Balaban J connectivity index is 1.55. The third kappa shape index (κ3) is 5.34. The first-order valence-electron chi connectivity index (χ1n) is 10.2. The van der Waals surface area contributed by atoms with Gasteiger partial charge in [0.1, 0.15) is 11.9 Å². The van der Waals surface area contributed by atoms with Crippen LogP contribution in [0.4, 0.5) is 4.39 Å². The van der Waals surface area contributed by atoms with Gasteiger partial charge >= 0.3 is 11.8 Å². The van der Waals surface area contributed by atoms with Gasteiger partial charge in [0.15, 0.2) is 0 Å². The molecule has 0 spiro atoms. The number of carbonyl (C=O) groups is 4. The highest BCUT2D eigenvalue weighted by Gasteiger charge is 2.34. The highest BCUT2D eigenvalue weighted by atomic mass is 19.1. The molecular weight excluding hydrogens is 391 g/mol. The van der Waals surface area contributed by atoms with Gasteiger partial charge in [-0.05, 0) is 43.0 Å². The Hall–Kier alpha value is -2.97. The molecule has 3 rings (SSSR count). The lowest BCUT2D eigenvalue weighted by molar-refractivity contribution is -0.148. The summed E-state index contributed by atoms with van der Waals surface area (Å²) in [4.78, 5) is 52.7. The Morgan fingerprint density at radius 3 is 2.07 bits per heavy atom. The second kappa shape index (κ2) is 9.23. The number of hydrogen-bond acceptors (Lipinski definition) is 4. The fraction of sp³-hybridized carbons (Fsp3) is 0.524. The molecule has 1 aromatic carbocycles. The van der Waals surface area contributed by atoms with Gasteiger partial charge in [-0.25, -0.2) is 4.39 Å². The molecule has 0 radical (unpaired) electrons. The van der Waals surface area contributed by atoms with Crippen molar-refractivity contribution in [1.29, 1.82) is 0 Å². The van der Waals surface area contributed by atoms with Gasteiger partial charge in [0.25, 0.3) is 5.91 Å². The molecule has 1 saturated heterocycles. The predicted octanol–water partition coefficient (Wildman–Crippen LogP) is 0.530. The molecule has 1 atom stereocenters. The largest absolute Gasteiger partial charge is 0.345 e. The summed E-state index contributed by atoms with van der Waals surface area (Å²) < 4.78 is 13.1. The van der Waals surface area contributed by atoms with Crippen molar-refractivity contribution in [3.8, 4) is 0 Å². The summed E-state index contributed by atoms with van der Waals surface area (Å²) in [5, 5.41) is 5.41. The van der Waals surface area contributed by atoms with Crippen LogP contribution in [0.2, 0.25) is 0 Å². The van der Waals surface area contributed by atoms with E-state index < -0.39 is 29.6 Å². The van der Waals surface area contributed by atoms with Gasteiger partial charge in [-0.3, -0.25) is 19.2 Å². The summed E-state index contributed by atoms with van der Waals surface area (Å²) in [7, 11) is 0. The van der Waals surface area contributed by atoms with E-state index in [0.717, 1.165) is 12.8 Å². The number of amides is 4. The summed E-state index contributed by atoms with van der Waals surface area (Å²) in [5.41, 5.74) is 0.270. The lowest BCUT2D eigenvalue weighted by atomic mass is 10.0. The van der Waals surface area contributed by atoms with Crippen molar-refractivity contribution in [3.05, 3.63) is 35.6 Å². The zero-order valence-corrected chi connectivity index (χ0v) is 17.2. The first kappa shape index (κ1) is 21.7. The molecule has 2 N–H and O–H groups in total. The number of piperazine rings is 1. The van der Waals surface area contributed by atoms with E-state index in [1.165, 1.54) is 29.2 Å². The van der Waals surface area contributed by atoms with Crippen LogP contribution in [0.15, 0.2) is 24.3 Å². The maximum absolute atomic E-state index is 13.1. The highest BCUT2D eigenvalue weighted by molar-refractivity contribution is 6.35. The van der Waals surface area contributed by atoms with Gasteiger partial charge in [0, 0.05) is 37.8 Å². The van der Waals surface area contributed by atoms with E-state index >= 15 is 0 Å². The Morgan fingerprint density at radius 2 is 1.53 bits per heavy atom. The molecule has 4 amide bonds. The summed E-state index contributed by atoms with van der Waals surface area (Å²) in [6.45, 7) is 4.76. The van der Waals surface area contributed by atoms with Crippen molar-refractivity contribution in [2.24, 2.45) is 5.92 Å². The molecule has 1 aliphatic carbocycles. The molecule has 2 aliphatic rings. The molecule has 1 heterocycles. The first-order chi connectivity index (χ1) is 14.3. The van der Waals surface area contributed by atoms with Gasteiger partial charge in [-0.1, -0.05) is 13.8 Å². The average molecular weight is 418 g/mol. The van der Waals surface area contributed by atoms with E-state index in [1.807, 2.05) is 13.8 Å². The molecule has 1 aromatic rings. The van der Waals surface area contributed by atoms with Gasteiger partial charge < -0.3 is 20.4 Å². The van der Waals surface area contributed by atoms with Gasteiger partial charge in [-0.2, -0.15) is 0 Å². The molecule has 8 nitrogen and oxygen atoms in total. The van der Waals surface area contributed by atoms with E-state index in [-0.39, 0.29) is 49.6 Å². The fourth-order valence-corrected chi connectivity index (χ4v) is 3.28. The van der Waals surface area contributed by atoms with Crippen LogP contribution < -0.4 is 10.6 Å². The zero-order chi connectivity index (χ0) is 21.8. The summed E-state index contributed by atoms with van der Waals surface area (Å²) in [6.07, 6.45) is 1.81. The van der Waals surface area contributed by atoms with Crippen LogP contribution in [-0.2, 0) is 14.4 Å². The molecular formula is C21H27FN4O4. The van der Waals surface area contributed by atoms with Crippen molar-refractivity contribution >= 4 is 23.6 Å². The van der Waals surface area contributed by atoms with E-state index in [4.69, 9.17) is 0 Å². The third-order valence-corrected chi connectivity index (χ3v) is 5.31.